The van der Waals surface area contributed by atoms with E-state index in [1.54, 1.807) is 18.5 Å². The molecule has 0 saturated carbocycles. The highest BCUT2D eigenvalue weighted by Crippen LogP contribution is 2.28. The van der Waals surface area contributed by atoms with Crippen molar-refractivity contribution in [3.05, 3.63) is 84.4 Å². The van der Waals surface area contributed by atoms with E-state index in [9.17, 15) is 4.39 Å². The van der Waals surface area contributed by atoms with Gasteiger partial charge in [-0.05, 0) is 52.8 Å². The maximum atomic E-state index is 14.4. The summed E-state index contributed by atoms with van der Waals surface area (Å²) >= 11 is 0. The maximum absolute atomic E-state index is 14.4. The fourth-order valence-electron chi connectivity index (χ4n) is 4.21. The Balaban J connectivity index is 0.00000218. The van der Waals surface area contributed by atoms with Crippen molar-refractivity contribution in [3.63, 3.8) is 0 Å². The van der Waals surface area contributed by atoms with Crippen LogP contribution in [0.4, 0.5) is 4.39 Å². The molecule has 3 nitrogen and oxygen atoms in total. The number of piperidine rings is 1. The van der Waals surface area contributed by atoms with Crippen molar-refractivity contribution < 1.29 is 9.13 Å². The van der Waals surface area contributed by atoms with E-state index in [1.165, 1.54) is 22.4 Å². The average molecular weight is 423 g/mol. The average Bonchev–Trinajstić information content (AvgIpc) is 2.76. The van der Waals surface area contributed by atoms with Crippen LogP contribution in [0.25, 0.3) is 21.5 Å². The Morgan fingerprint density at radius 1 is 0.933 bits per heavy atom. The maximum Gasteiger partial charge on any atom is 0.165 e. The molecule has 0 radical (unpaired) electrons. The number of likely N-dealkylation sites (tertiary alicyclic amines) is 1. The van der Waals surface area contributed by atoms with Gasteiger partial charge in [0.1, 0.15) is 6.10 Å². The molecule has 154 valence electrons. The molecule has 1 aliphatic heterocycles. The lowest BCUT2D eigenvalue weighted by Crippen LogP contribution is -2.37. The number of pyridine rings is 1. The fraction of sp³-hybridized carbons (Fsp3) is 0.240. The van der Waals surface area contributed by atoms with E-state index in [0.29, 0.717) is 5.75 Å². The molecule has 0 atom stereocenters. The summed E-state index contributed by atoms with van der Waals surface area (Å²) < 4.78 is 20.5. The summed E-state index contributed by atoms with van der Waals surface area (Å²) in [4.78, 5) is 6.51. The predicted octanol–water partition coefficient (Wildman–Crippen LogP) is 5.99. The predicted molar refractivity (Wildman–Crippen MR) is 122 cm³/mol. The zero-order valence-electron chi connectivity index (χ0n) is 16.6. The molecule has 5 heteroatoms. The number of ether oxygens (including phenoxy) is 1. The van der Waals surface area contributed by atoms with Crippen LogP contribution in [0, 0.1) is 5.82 Å². The van der Waals surface area contributed by atoms with Gasteiger partial charge in [0.15, 0.2) is 11.6 Å². The van der Waals surface area contributed by atoms with Gasteiger partial charge in [-0.15, -0.1) is 12.4 Å². The zero-order valence-corrected chi connectivity index (χ0v) is 17.4. The largest absolute Gasteiger partial charge is 0.487 e. The Morgan fingerprint density at radius 2 is 1.73 bits per heavy atom. The van der Waals surface area contributed by atoms with Crippen LogP contribution in [0.15, 0.2) is 73.1 Å². The van der Waals surface area contributed by atoms with Crippen molar-refractivity contribution in [2.24, 2.45) is 0 Å². The van der Waals surface area contributed by atoms with Gasteiger partial charge in [0.05, 0.1) is 0 Å². The third kappa shape index (κ3) is 4.25. The first-order chi connectivity index (χ1) is 14.3. The van der Waals surface area contributed by atoms with Gasteiger partial charge in [0.2, 0.25) is 0 Å². The van der Waals surface area contributed by atoms with Gasteiger partial charge in [-0.3, -0.25) is 9.88 Å². The van der Waals surface area contributed by atoms with Crippen LogP contribution in [0.5, 0.6) is 5.75 Å². The lowest BCUT2D eigenvalue weighted by atomic mass is 10.0. The minimum absolute atomic E-state index is 0. The van der Waals surface area contributed by atoms with Crippen molar-refractivity contribution in [2.75, 3.05) is 13.1 Å². The number of rotatable bonds is 4. The van der Waals surface area contributed by atoms with Crippen LogP contribution >= 0.6 is 12.4 Å². The third-order valence-corrected chi connectivity index (χ3v) is 5.79. The molecule has 1 aromatic heterocycles. The first-order valence-electron chi connectivity index (χ1n) is 10.2. The molecule has 0 aliphatic carbocycles. The van der Waals surface area contributed by atoms with E-state index in [1.807, 2.05) is 6.07 Å². The quantitative estimate of drug-likeness (QED) is 0.403. The Morgan fingerprint density at radius 3 is 2.60 bits per heavy atom. The van der Waals surface area contributed by atoms with Crippen LogP contribution in [0.3, 0.4) is 0 Å². The highest BCUT2D eigenvalue weighted by molar-refractivity contribution is 5.86. The van der Waals surface area contributed by atoms with Crippen LogP contribution < -0.4 is 4.74 Å². The van der Waals surface area contributed by atoms with Gasteiger partial charge in [-0.2, -0.15) is 0 Å². The van der Waals surface area contributed by atoms with Gasteiger partial charge >= 0.3 is 0 Å². The first kappa shape index (κ1) is 20.6. The van der Waals surface area contributed by atoms with E-state index in [-0.39, 0.29) is 24.3 Å². The smallest absolute Gasteiger partial charge is 0.165 e. The van der Waals surface area contributed by atoms with Crippen LogP contribution in [0.1, 0.15) is 18.4 Å². The van der Waals surface area contributed by atoms with Crippen molar-refractivity contribution in [1.29, 1.82) is 0 Å². The van der Waals surface area contributed by atoms with Gasteiger partial charge < -0.3 is 4.74 Å². The topological polar surface area (TPSA) is 25.4 Å². The van der Waals surface area contributed by atoms with Gasteiger partial charge in [-0.1, -0.05) is 42.5 Å². The highest BCUT2D eigenvalue weighted by atomic mass is 35.5. The van der Waals surface area contributed by atoms with Crippen LogP contribution in [-0.2, 0) is 6.54 Å². The van der Waals surface area contributed by atoms with Crippen LogP contribution in [-0.4, -0.2) is 29.1 Å². The summed E-state index contributed by atoms with van der Waals surface area (Å²) in [6.45, 7) is 2.84. The van der Waals surface area contributed by atoms with Gasteiger partial charge in [0, 0.05) is 37.4 Å². The summed E-state index contributed by atoms with van der Waals surface area (Å²) in [7, 11) is 0. The Kier molecular flexibility index (Phi) is 6.16. The number of halogens is 2. The zero-order chi connectivity index (χ0) is 19.6. The normalized spacial score (nSPS) is 15.2. The van der Waals surface area contributed by atoms with Crippen LogP contribution in [0.2, 0.25) is 0 Å². The summed E-state index contributed by atoms with van der Waals surface area (Å²) in [5.41, 5.74) is 1.36. The minimum atomic E-state index is -0.316. The molecule has 0 spiro atoms. The Hall–Kier alpha value is -2.69. The standard InChI is InChI=1S/C25H23FN2O.ClH/c26-24-14-21-16-27-11-8-19(21)15-25(24)29-22-9-12-28(13-10-22)17-20-6-3-5-18-4-1-2-7-23(18)20;/h1-8,11,14-16,22H,9-10,12-13,17H2;1H. The molecule has 2 heterocycles. The van der Waals surface area contributed by atoms with Gasteiger partial charge in [-0.25, -0.2) is 4.39 Å². The molecular weight excluding hydrogens is 399 g/mol. The van der Waals surface area contributed by atoms with E-state index >= 15 is 0 Å². The number of nitrogens with zero attached hydrogens (tertiary/aromatic N) is 2. The third-order valence-electron chi connectivity index (χ3n) is 5.79. The summed E-state index contributed by atoms with van der Waals surface area (Å²) in [5, 5.41) is 4.35. The van der Waals surface area contributed by atoms with Crippen molar-refractivity contribution in [2.45, 2.75) is 25.5 Å². The summed E-state index contributed by atoms with van der Waals surface area (Å²) in [6.07, 6.45) is 5.24. The van der Waals surface area contributed by atoms with Crippen molar-refractivity contribution in [1.82, 2.24) is 9.88 Å². The second kappa shape index (κ2) is 8.99. The Labute approximate surface area is 181 Å². The van der Waals surface area contributed by atoms with Crippen molar-refractivity contribution in [3.8, 4) is 5.75 Å². The SMILES string of the molecule is Cl.Fc1cc2cnccc2cc1OC1CCN(Cc2cccc3ccccc23)CC1. The Bertz CT molecular complexity index is 1150. The second-order valence-corrected chi connectivity index (χ2v) is 7.74. The molecule has 0 unspecified atom stereocenters. The first-order valence-corrected chi connectivity index (χ1v) is 10.2. The molecular formula is C25H24ClFN2O. The molecule has 1 saturated heterocycles. The number of hydrogen-bond donors (Lipinski definition) is 0. The van der Waals surface area contributed by atoms with E-state index in [2.05, 4.69) is 52.3 Å². The van der Waals surface area contributed by atoms with Crippen molar-refractivity contribution >= 4 is 34.0 Å². The molecule has 30 heavy (non-hydrogen) atoms. The molecule has 3 aromatic carbocycles. The second-order valence-electron chi connectivity index (χ2n) is 7.74. The summed E-state index contributed by atoms with van der Waals surface area (Å²) in [6, 6.07) is 20.2. The number of benzene rings is 3. The highest BCUT2D eigenvalue weighted by Gasteiger charge is 2.22. The van der Waals surface area contributed by atoms with E-state index < -0.39 is 0 Å². The molecule has 0 N–H and O–H groups in total. The molecule has 1 aliphatic rings. The molecule has 5 rings (SSSR count). The number of hydrogen-bond acceptors (Lipinski definition) is 3. The number of aromatic nitrogens is 1. The van der Waals surface area contributed by atoms with E-state index in [0.717, 1.165) is 43.2 Å². The lowest BCUT2D eigenvalue weighted by molar-refractivity contribution is 0.0939. The molecule has 0 bridgehead atoms. The molecule has 0 amide bonds. The lowest BCUT2D eigenvalue weighted by Gasteiger charge is -2.32. The minimum Gasteiger partial charge on any atom is -0.487 e. The monoisotopic (exact) mass is 422 g/mol. The summed E-state index contributed by atoms with van der Waals surface area (Å²) in [5.74, 6) is 0.0277. The molecule has 4 aromatic rings. The van der Waals surface area contributed by atoms with Gasteiger partial charge in [0.25, 0.3) is 0 Å². The molecule has 1 fully saturated rings. The number of fused-ring (bicyclic) bond motifs is 2. The fourth-order valence-corrected chi connectivity index (χ4v) is 4.21. The van der Waals surface area contributed by atoms with E-state index in [4.69, 9.17) is 4.74 Å².